The summed E-state index contributed by atoms with van der Waals surface area (Å²) in [6.45, 7) is 5.72. The molecule has 5 nitrogen and oxygen atoms in total. The van der Waals surface area contributed by atoms with E-state index in [9.17, 15) is 8.42 Å². The molecule has 2 saturated heterocycles. The molecule has 0 unspecified atom stereocenters. The monoisotopic (exact) mass is 419 g/mol. The van der Waals surface area contributed by atoms with Crippen LogP contribution in [0.4, 0.5) is 5.69 Å². The fourth-order valence-electron chi connectivity index (χ4n) is 4.54. The minimum absolute atomic E-state index is 0.178. The van der Waals surface area contributed by atoms with E-state index in [4.69, 9.17) is 5.14 Å². The van der Waals surface area contributed by atoms with Gasteiger partial charge in [0.05, 0.1) is 4.90 Å². The summed E-state index contributed by atoms with van der Waals surface area (Å²) in [5.41, 5.74) is 2.62. The van der Waals surface area contributed by atoms with Crippen LogP contribution in [0.1, 0.15) is 37.2 Å². The van der Waals surface area contributed by atoms with Crippen LogP contribution in [0.3, 0.4) is 0 Å². The highest BCUT2D eigenvalue weighted by atomic mass is 32.2. The number of anilines is 1. The molecule has 2 fully saturated rings. The van der Waals surface area contributed by atoms with E-state index in [1.54, 1.807) is 12.1 Å². The van der Waals surface area contributed by atoms with E-state index in [0.717, 1.165) is 30.6 Å². The van der Waals surface area contributed by atoms with Gasteiger partial charge in [0, 0.05) is 25.3 Å². The van der Waals surface area contributed by atoms with E-state index in [1.807, 2.05) is 23.5 Å². The number of rotatable bonds is 5. The normalized spacial score (nSPS) is 20.5. The van der Waals surface area contributed by atoms with Gasteiger partial charge in [-0.1, -0.05) is 0 Å². The van der Waals surface area contributed by atoms with Crippen LogP contribution in [0.25, 0.3) is 0 Å². The van der Waals surface area contributed by atoms with Crippen molar-refractivity contribution >= 4 is 27.0 Å². The Bertz CT molecular complexity index is 850. The SMILES string of the molecule is NS(=O)(=O)c1ccc(N2CCC(CN3CCC(c4ccsc4)CC3)CC2)cc1. The van der Waals surface area contributed by atoms with Gasteiger partial charge >= 0.3 is 0 Å². The molecule has 2 aromatic rings. The standard InChI is InChI=1S/C21H29N3O2S2/c22-28(25,26)21-3-1-20(2-4-21)24-12-5-17(6-13-24)15-23-10-7-18(8-11-23)19-9-14-27-16-19/h1-4,9,14,16-18H,5-8,10-13,15H2,(H2,22,25,26). The number of nitrogens with zero attached hydrogens (tertiary/aromatic N) is 2. The molecule has 0 atom stereocenters. The fraction of sp³-hybridized carbons (Fsp3) is 0.524. The molecule has 1 aromatic heterocycles. The van der Waals surface area contributed by atoms with Gasteiger partial charge in [0.15, 0.2) is 0 Å². The van der Waals surface area contributed by atoms with Crippen LogP contribution in [-0.2, 0) is 10.0 Å². The third-order valence-electron chi connectivity index (χ3n) is 6.26. The van der Waals surface area contributed by atoms with Crippen molar-refractivity contribution < 1.29 is 8.42 Å². The molecule has 0 saturated carbocycles. The zero-order valence-electron chi connectivity index (χ0n) is 16.2. The molecule has 152 valence electrons. The van der Waals surface area contributed by atoms with Crippen molar-refractivity contribution in [2.24, 2.45) is 11.1 Å². The van der Waals surface area contributed by atoms with Crippen molar-refractivity contribution in [2.45, 2.75) is 36.5 Å². The number of likely N-dealkylation sites (tertiary alicyclic amines) is 1. The second-order valence-corrected chi connectivity index (χ2v) is 10.4. The fourth-order valence-corrected chi connectivity index (χ4v) is 5.80. The average Bonchev–Trinajstić information content (AvgIpc) is 3.23. The zero-order chi connectivity index (χ0) is 19.6. The number of benzene rings is 1. The highest BCUT2D eigenvalue weighted by Crippen LogP contribution is 2.31. The van der Waals surface area contributed by atoms with Gasteiger partial charge in [-0.2, -0.15) is 11.3 Å². The maximum atomic E-state index is 11.4. The number of hydrogen-bond acceptors (Lipinski definition) is 5. The maximum absolute atomic E-state index is 11.4. The molecule has 7 heteroatoms. The van der Waals surface area contributed by atoms with Crippen molar-refractivity contribution in [1.29, 1.82) is 0 Å². The highest BCUT2D eigenvalue weighted by molar-refractivity contribution is 7.89. The summed E-state index contributed by atoms with van der Waals surface area (Å²) in [5, 5.41) is 9.69. The van der Waals surface area contributed by atoms with Gasteiger partial charge in [-0.25, -0.2) is 13.6 Å². The van der Waals surface area contributed by atoms with Crippen LogP contribution in [0.2, 0.25) is 0 Å². The van der Waals surface area contributed by atoms with E-state index in [-0.39, 0.29) is 4.90 Å². The van der Waals surface area contributed by atoms with Crippen molar-refractivity contribution in [2.75, 3.05) is 37.6 Å². The van der Waals surface area contributed by atoms with Gasteiger partial charge in [0.25, 0.3) is 0 Å². The minimum Gasteiger partial charge on any atom is -0.372 e. The molecule has 0 aliphatic carbocycles. The first kappa shape index (κ1) is 19.9. The van der Waals surface area contributed by atoms with E-state index < -0.39 is 10.0 Å². The summed E-state index contributed by atoms with van der Waals surface area (Å²) in [6.07, 6.45) is 4.96. The number of sulfonamides is 1. The first-order valence-electron chi connectivity index (χ1n) is 10.1. The molecular weight excluding hydrogens is 390 g/mol. The average molecular weight is 420 g/mol. The molecule has 1 aromatic carbocycles. The van der Waals surface area contributed by atoms with Crippen LogP contribution in [-0.4, -0.2) is 46.0 Å². The van der Waals surface area contributed by atoms with Gasteiger partial charge in [0.1, 0.15) is 0 Å². The molecule has 2 aliphatic heterocycles. The second-order valence-electron chi connectivity index (χ2n) is 8.10. The first-order valence-corrected chi connectivity index (χ1v) is 12.6. The number of nitrogens with two attached hydrogens (primary N) is 1. The number of thiophene rings is 1. The number of piperidine rings is 2. The van der Waals surface area contributed by atoms with Crippen LogP contribution in [0, 0.1) is 5.92 Å². The van der Waals surface area contributed by atoms with E-state index in [0.29, 0.717) is 0 Å². The predicted octanol–water partition coefficient (Wildman–Crippen LogP) is 3.49. The molecule has 28 heavy (non-hydrogen) atoms. The Morgan fingerprint density at radius 3 is 2.21 bits per heavy atom. The lowest BCUT2D eigenvalue weighted by Crippen LogP contribution is -2.41. The van der Waals surface area contributed by atoms with Crippen LogP contribution in [0.5, 0.6) is 0 Å². The summed E-state index contributed by atoms with van der Waals surface area (Å²) < 4.78 is 22.8. The Morgan fingerprint density at radius 1 is 0.964 bits per heavy atom. The van der Waals surface area contributed by atoms with Gasteiger partial charge in [0.2, 0.25) is 10.0 Å². The molecule has 4 rings (SSSR count). The van der Waals surface area contributed by atoms with E-state index in [2.05, 4.69) is 26.6 Å². The van der Waals surface area contributed by atoms with Crippen LogP contribution < -0.4 is 10.0 Å². The Hall–Kier alpha value is -1.41. The van der Waals surface area contributed by atoms with Crippen molar-refractivity contribution in [3.05, 3.63) is 46.7 Å². The lowest BCUT2D eigenvalue weighted by molar-refractivity contribution is 0.170. The Morgan fingerprint density at radius 2 is 1.64 bits per heavy atom. The Labute approximate surface area is 172 Å². The molecule has 0 bridgehead atoms. The molecule has 2 N–H and O–H groups in total. The van der Waals surface area contributed by atoms with Gasteiger partial charge in [-0.3, -0.25) is 0 Å². The molecule has 0 amide bonds. The summed E-state index contributed by atoms with van der Waals surface area (Å²) >= 11 is 1.81. The van der Waals surface area contributed by atoms with Crippen molar-refractivity contribution in [3.63, 3.8) is 0 Å². The molecule has 0 spiro atoms. The summed E-state index contributed by atoms with van der Waals surface area (Å²) in [6, 6.07) is 9.24. The molecule has 2 aliphatic rings. The molecule has 3 heterocycles. The third-order valence-corrected chi connectivity index (χ3v) is 7.89. The molecular formula is C21H29N3O2S2. The maximum Gasteiger partial charge on any atom is 0.238 e. The van der Waals surface area contributed by atoms with Crippen LogP contribution in [0.15, 0.2) is 46.0 Å². The van der Waals surface area contributed by atoms with Gasteiger partial charge in [-0.05, 0) is 97.3 Å². The number of hydrogen-bond donors (Lipinski definition) is 1. The molecule has 0 radical (unpaired) electrons. The van der Waals surface area contributed by atoms with Crippen LogP contribution >= 0.6 is 11.3 Å². The minimum atomic E-state index is -3.62. The summed E-state index contributed by atoms with van der Waals surface area (Å²) in [7, 11) is -3.62. The first-order chi connectivity index (χ1) is 13.5. The third kappa shape index (κ3) is 4.76. The van der Waals surface area contributed by atoms with E-state index in [1.165, 1.54) is 50.9 Å². The summed E-state index contributed by atoms with van der Waals surface area (Å²) in [5.74, 6) is 1.52. The predicted molar refractivity (Wildman–Crippen MR) is 115 cm³/mol. The smallest absolute Gasteiger partial charge is 0.238 e. The lowest BCUT2D eigenvalue weighted by Gasteiger charge is -2.38. The number of primary sulfonamides is 1. The van der Waals surface area contributed by atoms with Crippen molar-refractivity contribution in [3.8, 4) is 0 Å². The second kappa shape index (κ2) is 8.53. The zero-order valence-corrected chi connectivity index (χ0v) is 17.8. The van der Waals surface area contributed by atoms with Crippen molar-refractivity contribution in [1.82, 2.24) is 4.90 Å². The van der Waals surface area contributed by atoms with E-state index >= 15 is 0 Å². The Kier molecular flexibility index (Phi) is 6.06. The quantitative estimate of drug-likeness (QED) is 0.806. The Balaban J connectivity index is 1.24. The van der Waals surface area contributed by atoms with Gasteiger partial charge < -0.3 is 9.80 Å². The largest absolute Gasteiger partial charge is 0.372 e. The highest BCUT2D eigenvalue weighted by Gasteiger charge is 2.25. The lowest BCUT2D eigenvalue weighted by atomic mass is 9.89. The van der Waals surface area contributed by atoms with Gasteiger partial charge in [-0.15, -0.1) is 0 Å². The summed E-state index contributed by atoms with van der Waals surface area (Å²) in [4.78, 5) is 5.19. The topological polar surface area (TPSA) is 66.6 Å².